The maximum atomic E-state index is 4.93. The Hall–Kier alpha value is -2.93. The molecule has 0 aliphatic heterocycles. The van der Waals surface area contributed by atoms with Crippen LogP contribution in [-0.2, 0) is 0 Å². The molecule has 3 aromatic carbocycles. The first-order valence-corrected chi connectivity index (χ1v) is 8.78. The van der Waals surface area contributed by atoms with E-state index in [0.29, 0.717) is 5.92 Å². The Morgan fingerprint density at radius 1 is 0.680 bits per heavy atom. The van der Waals surface area contributed by atoms with E-state index < -0.39 is 0 Å². The quantitative estimate of drug-likeness (QED) is 0.409. The van der Waals surface area contributed by atoms with Crippen LogP contribution in [0.1, 0.15) is 25.3 Å². The van der Waals surface area contributed by atoms with Gasteiger partial charge in [-0.1, -0.05) is 80.6 Å². The van der Waals surface area contributed by atoms with E-state index in [2.05, 4.69) is 92.7 Å². The predicted molar refractivity (Wildman–Crippen MR) is 107 cm³/mol. The highest BCUT2D eigenvalue weighted by atomic mass is 14.7. The average Bonchev–Trinajstić information content (AvgIpc) is 2.68. The molecule has 1 aromatic heterocycles. The van der Waals surface area contributed by atoms with Crippen molar-refractivity contribution in [2.75, 3.05) is 0 Å². The van der Waals surface area contributed by atoms with E-state index >= 15 is 0 Å². The SMILES string of the molecule is CC(C)c1ccc2nc(-c3ccccc3)cc(-c3ccccc3)c2c1. The fraction of sp³-hybridized carbons (Fsp3) is 0.125. The lowest BCUT2D eigenvalue weighted by Crippen LogP contribution is -1.93. The zero-order chi connectivity index (χ0) is 17.2. The molecule has 0 radical (unpaired) electrons. The standard InChI is InChI=1S/C24H21N/c1-17(2)20-13-14-23-22(15-20)21(18-9-5-3-6-10-18)16-24(25-23)19-11-7-4-8-12-19/h3-17H,1-2H3. The van der Waals surface area contributed by atoms with Gasteiger partial charge in [-0.2, -0.15) is 0 Å². The Balaban J connectivity index is 2.01. The molecule has 0 saturated carbocycles. The molecule has 0 spiro atoms. The lowest BCUT2D eigenvalue weighted by molar-refractivity contribution is 0.868. The molecule has 0 atom stereocenters. The summed E-state index contributed by atoms with van der Waals surface area (Å²) in [5, 5.41) is 1.22. The van der Waals surface area contributed by atoms with Crippen molar-refractivity contribution in [3.63, 3.8) is 0 Å². The summed E-state index contributed by atoms with van der Waals surface area (Å²) in [6.45, 7) is 4.46. The van der Waals surface area contributed by atoms with Crippen LogP contribution in [0.4, 0.5) is 0 Å². The van der Waals surface area contributed by atoms with Gasteiger partial charge in [0.25, 0.3) is 0 Å². The largest absolute Gasteiger partial charge is 0.248 e. The highest BCUT2D eigenvalue weighted by Gasteiger charge is 2.11. The molecule has 0 saturated heterocycles. The summed E-state index contributed by atoms with van der Waals surface area (Å²) >= 11 is 0. The highest BCUT2D eigenvalue weighted by Crippen LogP contribution is 2.33. The normalized spacial score (nSPS) is 11.2. The van der Waals surface area contributed by atoms with Crippen LogP contribution in [0.3, 0.4) is 0 Å². The van der Waals surface area contributed by atoms with E-state index in [0.717, 1.165) is 16.8 Å². The molecule has 0 aliphatic rings. The van der Waals surface area contributed by atoms with Gasteiger partial charge in [0, 0.05) is 10.9 Å². The predicted octanol–water partition coefficient (Wildman–Crippen LogP) is 6.69. The summed E-state index contributed by atoms with van der Waals surface area (Å²) in [4.78, 5) is 4.93. The molecule has 0 fully saturated rings. The van der Waals surface area contributed by atoms with Crippen LogP contribution in [-0.4, -0.2) is 4.98 Å². The fourth-order valence-electron chi connectivity index (χ4n) is 3.22. The fourth-order valence-corrected chi connectivity index (χ4v) is 3.22. The monoisotopic (exact) mass is 323 g/mol. The van der Waals surface area contributed by atoms with E-state index in [9.17, 15) is 0 Å². The number of rotatable bonds is 3. The van der Waals surface area contributed by atoms with Gasteiger partial charge in [-0.05, 0) is 40.8 Å². The third-order valence-corrected chi connectivity index (χ3v) is 4.65. The number of aromatic nitrogens is 1. The van der Waals surface area contributed by atoms with Gasteiger partial charge in [-0.3, -0.25) is 0 Å². The van der Waals surface area contributed by atoms with E-state index in [1.54, 1.807) is 0 Å². The number of hydrogen-bond acceptors (Lipinski definition) is 1. The minimum absolute atomic E-state index is 0.502. The van der Waals surface area contributed by atoms with Crippen LogP contribution < -0.4 is 0 Å². The lowest BCUT2D eigenvalue weighted by Gasteiger charge is -2.13. The van der Waals surface area contributed by atoms with Gasteiger partial charge >= 0.3 is 0 Å². The number of pyridine rings is 1. The Kier molecular flexibility index (Phi) is 4.07. The zero-order valence-electron chi connectivity index (χ0n) is 14.6. The first-order chi connectivity index (χ1) is 12.2. The Morgan fingerprint density at radius 3 is 1.96 bits per heavy atom. The summed E-state index contributed by atoms with van der Waals surface area (Å²) in [7, 11) is 0. The third kappa shape index (κ3) is 3.06. The summed E-state index contributed by atoms with van der Waals surface area (Å²) in [6, 6.07) is 29.9. The first-order valence-electron chi connectivity index (χ1n) is 8.78. The van der Waals surface area contributed by atoms with Gasteiger partial charge in [0.05, 0.1) is 11.2 Å². The van der Waals surface area contributed by atoms with Crippen molar-refractivity contribution in [3.8, 4) is 22.4 Å². The van der Waals surface area contributed by atoms with E-state index in [1.165, 1.54) is 22.1 Å². The minimum Gasteiger partial charge on any atom is -0.248 e. The summed E-state index contributed by atoms with van der Waals surface area (Å²) in [5.74, 6) is 0.502. The van der Waals surface area contributed by atoms with E-state index in [-0.39, 0.29) is 0 Å². The second kappa shape index (κ2) is 6.52. The molecule has 4 rings (SSSR count). The van der Waals surface area contributed by atoms with Gasteiger partial charge in [-0.25, -0.2) is 4.98 Å². The zero-order valence-corrected chi connectivity index (χ0v) is 14.6. The van der Waals surface area contributed by atoms with E-state index in [1.807, 2.05) is 6.07 Å². The number of nitrogens with zero attached hydrogens (tertiary/aromatic N) is 1. The van der Waals surface area contributed by atoms with Crippen molar-refractivity contribution in [1.29, 1.82) is 0 Å². The van der Waals surface area contributed by atoms with Crippen molar-refractivity contribution in [2.45, 2.75) is 19.8 Å². The minimum atomic E-state index is 0.502. The van der Waals surface area contributed by atoms with Crippen LogP contribution in [0, 0.1) is 0 Å². The smallest absolute Gasteiger partial charge is 0.0715 e. The summed E-state index contributed by atoms with van der Waals surface area (Å²) < 4.78 is 0. The second-order valence-electron chi connectivity index (χ2n) is 6.72. The van der Waals surface area contributed by atoms with Crippen molar-refractivity contribution in [1.82, 2.24) is 4.98 Å². The molecule has 1 heteroatoms. The Bertz CT molecular complexity index is 1000. The number of hydrogen-bond donors (Lipinski definition) is 0. The number of fused-ring (bicyclic) bond motifs is 1. The Labute approximate surface area is 149 Å². The molecule has 1 nitrogen and oxygen atoms in total. The molecule has 25 heavy (non-hydrogen) atoms. The maximum absolute atomic E-state index is 4.93. The maximum Gasteiger partial charge on any atom is 0.0715 e. The molecule has 4 aromatic rings. The molecular formula is C24H21N. The summed E-state index contributed by atoms with van der Waals surface area (Å²) in [6.07, 6.45) is 0. The van der Waals surface area contributed by atoms with Gasteiger partial charge in [-0.15, -0.1) is 0 Å². The van der Waals surface area contributed by atoms with Crippen molar-refractivity contribution < 1.29 is 0 Å². The van der Waals surface area contributed by atoms with Crippen LogP contribution in [0.2, 0.25) is 0 Å². The molecule has 0 N–H and O–H groups in total. The van der Waals surface area contributed by atoms with Crippen LogP contribution in [0.25, 0.3) is 33.3 Å². The van der Waals surface area contributed by atoms with Crippen molar-refractivity contribution in [3.05, 3.63) is 90.5 Å². The molecular weight excluding hydrogens is 302 g/mol. The Morgan fingerprint density at radius 2 is 1.32 bits per heavy atom. The summed E-state index contributed by atoms with van der Waals surface area (Å²) in [5.41, 5.74) is 7.03. The topological polar surface area (TPSA) is 12.9 Å². The third-order valence-electron chi connectivity index (χ3n) is 4.65. The van der Waals surface area contributed by atoms with Crippen LogP contribution >= 0.6 is 0 Å². The van der Waals surface area contributed by atoms with Crippen molar-refractivity contribution >= 4 is 10.9 Å². The highest BCUT2D eigenvalue weighted by molar-refractivity contribution is 5.97. The van der Waals surface area contributed by atoms with Crippen molar-refractivity contribution in [2.24, 2.45) is 0 Å². The van der Waals surface area contributed by atoms with Gasteiger partial charge in [0.1, 0.15) is 0 Å². The second-order valence-corrected chi connectivity index (χ2v) is 6.72. The van der Waals surface area contributed by atoms with E-state index in [4.69, 9.17) is 4.98 Å². The molecule has 0 unspecified atom stereocenters. The average molecular weight is 323 g/mol. The molecule has 1 heterocycles. The van der Waals surface area contributed by atoms with Gasteiger partial charge in [0.15, 0.2) is 0 Å². The molecule has 0 amide bonds. The number of benzene rings is 3. The van der Waals surface area contributed by atoms with Crippen LogP contribution in [0.15, 0.2) is 84.9 Å². The molecule has 122 valence electrons. The van der Waals surface area contributed by atoms with Gasteiger partial charge in [0.2, 0.25) is 0 Å². The van der Waals surface area contributed by atoms with Crippen LogP contribution in [0.5, 0.6) is 0 Å². The van der Waals surface area contributed by atoms with Gasteiger partial charge < -0.3 is 0 Å². The molecule has 0 aliphatic carbocycles. The first kappa shape index (κ1) is 15.6. The molecule has 0 bridgehead atoms. The lowest BCUT2D eigenvalue weighted by atomic mass is 9.94.